The second kappa shape index (κ2) is 6.08. The van der Waals surface area contributed by atoms with Crippen LogP contribution in [0.3, 0.4) is 0 Å². The fourth-order valence-electron chi connectivity index (χ4n) is 1.67. The molecule has 0 aliphatic rings. The Morgan fingerprint density at radius 1 is 1.26 bits per heavy atom. The molecule has 19 heavy (non-hydrogen) atoms. The first-order chi connectivity index (χ1) is 9.08. The Labute approximate surface area is 124 Å². The summed E-state index contributed by atoms with van der Waals surface area (Å²) in [5.41, 5.74) is 1.83. The largest absolute Gasteiger partial charge is 0.478 e. The molecule has 2 N–H and O–H groups in total. The van der Waals surface area contributed by atoms with Crippen molar-refractivity contribution in [3.05, 3.63) is 63.1 Å². The van der Waals surface area contributed by atoms with Crippen LogP contribution in [0.2, 0.25) is 5.02 Å². The lowest BCUT2D eigenvalue weighted by molar-refractivity contribution is 0.0698. The number of nitrogens with one attached hydrogen (secondary N) is 1. The van der Waals surface area contributed by atoms with Crippen LogP contribution in [-0.4, -0.2) is 11.1 Å². The molecule has 98 valence electrons. The average molecular weight is 341 g/mol. The van der Waals surface area contributed by atoms with Gasteiger partial charge in [-0.1, -0.05) is 29.8 Å². The van der Waals surface area contributed by atoms with E-state index in [4.69, 9.17) is 16.7 Å². The van der Waals surface area contributed by atoms with Crippen LogP contribution in [0.15, 0.2) is 46.9 Å². The van der Waals surface area contributed by atoms with Gasteiger partial charge in [-0.25, -0.2) is 4.79 Å². The highest BCUT2D eigenvalue weighted by Crippen LogP contribution is 2.24. The molecule has 0 radical (unpaired) electrons. The van der Waals surface area contributed by atoms with Crippen molar-refractivity contribution in [3.63, 3.8) is 0 Å². The Morgan fingerprint density at radius 2 is 2.00 bits per heavy atom. The third kappa shape index (κ3) is 3.49. The van der Waals surface area contributed by atoms with Gasteiger partial charge in [0.1, 0.15) is 0 Å². The molecule has 0 atom stereocenters. The Morgan fingerprint density at radius 3 is 2.68 bits per heavy atom. The molecule has 5 heteroatoms. The Bertz CT molecular complexity index is 616. The van der Waals surface area contributed by atoms with Gasteiger partial charge in [-0.2, -0.15) is 0 Å². The van der Waals surface area contributed by atoms with Crippen molar-refractivity contribution in [2.75, 3.05) is 5.32 Å². The van der Waals surface area contributed by atoms with Crippen LogP contribution in [-0.2, 0) is 6.54 Å². The van der Waals surface area contributed by atoms with E-state index in [2.05, 4.69) is 21.2 Å². The van der Waals surface area contributed by atoms with Crippen LogP contribution in [0.1, 0.15) is 15.9 Å². The van der Waals surface area contributed by atoms with E-state index in [9.17, 15) is 4.79 Å². The van der Waals surface area contributed by atoms with E-state index in [1.165, 1.54) is 0 Å². The number of hydrogen-bond acceptors (Lipinski definition) is 2. The van der Waals surface area contributed by atoms with E-state index < -0.39 is 5.97 Å². The summed E-state index contributed by atoms with van der Waals surface area (Å²) in [4.78, 5) is 11.1. The van der Waals surface area contributed by atoms with Crippen LogP contribution in [0.25, 0.3) is 0 Å². The van der Waals surface area contributed by atoms with Gasteiger partial charge in [0.15, 0.2) is 0 Å². The van der Waals surface area contributed by atoms with Crippen molar-refractivity contribution in [1.82, 2.24) is 0 Å². The molecule has 0 unspecified atom stereocenters. The molecule has 0 aromatic heterocycles. The van der Waals surface area contributed by atoms with Gasteiger partial charge in [-0.05, 0) is 45.8 Å². The molecular weight excluding hydrogens is 330 g/mol. The molecule has 0 spiro atoms. The number of hydrogen-bond donors (Lipinski definition) is 2. The van der Waals surface area contributed by atoms with Gasteiger partial charge in [0, 0.05) is 16.7 Å². The zero-order valence-corrected chi connectivity index (χ0v) is 12.2. The predicted molar refractivity (Wildman–Crippen MR) is 79.9 cm³/mol. The van der Waals surface area contributed by atoms with Crippen molar-refractivity contribution in [3.8, 4) is 0 Å². The Kier molecular flexibility index (Phi) is 4.45. The minimum atomic E-state index is -0.947. The van der Waals surface area contributed by atoms with Crippen molar-refractivity contribution in [2.24, 2.45) is 0 Å². The van der Waals surface area contributed by atoms with Gasteiger partial charge in [0.05, 0.1) is 10.6 Å². The van der Waals surface area contributed by atoms with Gasteiger partial charge in [-0.3, -0.25) is 0 Å². The molecule has 0 aliphatic carbocycles. The first-order valence-electron chi connectivity index (χ1n) is 5.58. The number of aromatic carboxylic acids is 1. The van der Waals surface area contributed by atoms with Crippen LogP contribution in [0, 0.1) is 0 Å². The molecule has 0 saturated heterocycles. The van der Waals surface area contributed by atoms with E-state index in [1.54, 1.807) is 24.3 Å². The quantitative estimate of drug-likeness (QED) is 0.866. The van der Waals surface area contributed by atoms with E-state index in [0.717, 1.165) is 10.0 Å². The lowest BCUT2D eigenvalue weighted by Gasteiger charge is -2.10. The smallest absolute Gasteiger partial charge is 0.337 e. The summed E-state index contributed by atoms with van der Waals surface area (Å²) < 4.78 is 0.837. The number of halogens is 2. The fourth-order valence-corrected chi connectivity index (χ4v) is 2.12. The number of benzene rings is 2. The minimum Gasteiger partial charge on any atom is -0.478 e. The van der Waals surface area contributed by atoms with Crippen LogP contribution in [0.4, 0.5) is 5.69 Å². The third-order valence-corrected chi connectivity index (χ3v) is 3.86. The first kappa shape index (κ1) is 13.9. The van der Waals surface area contributed by atoms with Crippen molar-refractivity contribution >= 4 is 39.2 Å². The summed E-state index contributed by atoms with van der Waals surface area (Å²) >= 11 is 9.33. The van der Waals surface area contributed by atoms with E-state index >= 15 is 0 Å². The molecule has 3 nitrogen and oxygen atoms in total. The third-order valence-electron chi connectivity index (χ3n) is 2.62. The topological polar surface area (TPSA) is 49.3 Å². The maximum absolute atomic E-state index is 11.1. The van der Waals surface area contributed by atoms with Gasteiger partial charge in [0.25, 0.3) is 0 Å². The number of rotatable bonds is 4. The van der Waals surface area contributed by atoms with Crippen LogP contribution < -0.4 is 5.32 Å². The first-order valence-corrected chi connectivity index (χ1v) is 6.75. The van der Waals surface area contributed by atoms with Crippen molar-refractivity contribution in [2.45, 2.75) is 6.54 Å². The van der Waals surface area contributed by atoms with Gasteiger partial charge < -0.3 is 10.4 Å². The standard InChI is InChI=1S/C14H11BrClNO2/c15-11-6-5-9(7-12(11)16)8-17-13-4-2-1-3-10(13)14(18)19/h1-7,17H,8H2,(H,18,19). The summed E-state index contributed by atoms with van der Waals surface area (Å²) in [6.07, 6.45) is 0. The summed E-state index contributed by atoms with van der Waals surface area (Å²) in [6.45, 7) is 0.511. The Hall–Kier alpha value is -1.52. The van der Waals surface area contributed by atoms with Crippen molar-refractivity contribution < 1.29 is 9.90 Å². The summed E-state index contributed by atoms with van der Waals surface area (Å²) in [7, 11) is 0. The maximum atomic E-state index is 11.1. The predicted octanol–water partition coefficient (Wildman–Crippen LogP) is 4.41. The SMILES string of the molecule is O=C(O)c1ccccc1NCc1ccc(Br)c(Cl)c1. The molecule has 2 aromatic carbocycles. The van der Waals surface area contributed by atoms with E-state index in [0.29, 0.717) is 17.3 Å². The monoisotopic (exact) mass is 339 g/mol. The average Bonchev–Trinajstić information content (AvgIpc) is 2.40. The molecule has 0 bridgehead atoms. The minimum absolute atomic E-state index is 0.255. The summed E-state index contributed by atoms with van der Waals surface area (Å²) in [5, 5.41) is 12.8. The van der Waals surface area contributed by atoms with Gasteiger partial charge in [-0.15, -0.1) is 0 Å². The lowest BCUT2D eigenvalue weighted by atomic mass is 10.1. The van der Waals surface area contributed by atoms with E-state index in [-0.39, 0.29) is 5.56 Å². The van der Waals surface area contributed by atoms with Crippen LogP contribution >= 0.6 is 27.5 Å². The zero-order chi connectivity index (χ0) is 13.8. The number of para-hydroxylation sites is 1. The van der Waals surface area contributed by atoms with Crippen molar-refractivity contribution in [1.29, 1.82) is 0 Å². The van der Waals surface area contributed by atoms with Crippen LogP contribution in [0.5, 0.6) is 0 Å². The Balaban J connectivity index is 2.14. The summed E-state index contributed by atoms with van der Waals surface area (Å²) in [5.74, 6) is -0.947. The summed E-state index contributed by atoms with van der Waals surface area (Å²) in [6, 6.07) is 12.4. The number of carboxylic acids is 1. The molecule has 0 saturated carbocycles. The molecule has 2 aromatic rings. The molecule has 0 heterocycles. The van der Waals surface area contributed by atoms with Gasteiger partial charge >= 0.3 is 5.97 Å². The molecular formula is C14H11BrClNO2. The number of anilines is 1. The molecule has 0 aliphatic heterocycles. The number of carboxylic acid groups (broad SMARTS) is 1. The number of carbonyl (C=O) groups is 1. The molecule has 0 fully saturated rings. The highest BCUT2D eigenvalue weighted by molar-refractivity contribution is 9.10. The molecule has 0 amide bonds. The lowest BCUT2D eigenvalue weighted by Crippen LogP contribution is -2.06. The fraction of sp³-hybridized carbons (Fsp3) is 0.0714. The zero-order valence-electron chi connectivity index (χ0n) is 9.86. The second-order valence-electron chi connectivity index (χ2n) is 3.95. The maximum Gasteiger partial charge on any atom is 0.337 e. The van der Waals surface area contributed by atoms with E-state index in [1.807, 2.05) is 18.2 Å². The second-order valence-corrected chi connectivity index (χ2v) is 5.21. The normalized spacial score (nSPS) is 10.2. The highest BCUT2D eigenvalue weighted by Gasteiger charge is 2.08. The highest BCUT2D eigenvalue weighted by atomic mass is 79.9. The molecule has 2 rings (SSSR count). The van der Waals surface area contributed by atoms with Gasteiger partial charge in [0.2, 0.25) is 0 Å².